The summed E-state index contributed by atoms with van der Waals surface area (Å²) in [5, 5.41) is 10.1. The van der Waals surface area contributed by atoms with E-state index in [-0.39, 0.29) is 17.9 Å². The van der Waals surface area contributed by atoms with E-state index in [1.807, 2.05) is 18.1 Å². The number of piperidine rings is 1. The Morgan fingerprint density at radius 2 is 2.24 bits per heavy atom. The van der Waals surface area contributed by atoms with Gasteiger partial charge in [0.1, 0.15) is 6.04 Å². The van der Waals surface area contributed by atoms with Crippen molar-refractivity contribution in [3.63, 3.8) is 0 Å². The smallest absolute Gasteiger partial charge is 0.244 e. The highest BCUT2D eigenvalue weighted by Crippen LogP contribution is 2.18. The van der Waals surface area contributed by atoms with Crippen LogP contribution in [0.1, 0.15) is 31.4 Å². The summed E-state index contributed by atoms with van der Waals surface area (Å²) in [4.78, 5) is 25.7. The normalized spacial score (nSPS) is 20.1. The number of amides is 2. The predicted octanol–water partition coefficient (Wildman–Crippen LogP) is -0.192. The van der Waals surface area contributed by atoms with Gasteiger partial charge in [0.25, 0.3) is 0 Å². The fraction of sp³-hybridized carbons (Fsp3) is 0.643. The van der Waals surface area contributed by atoms with Gasteiger partial charge in [-0.15, -0.1) is 0 Å². The van der Waals surface area contributed by atoms with E-state index in [9.17, 15) is 9.59 Å². The zero-order valence-electron chi connectivity index (χ0n) is 12.8. The van der Waals surface area contributed by atoms with Crippen LogP contribution in [0, 0.1) is 0 Å². The van der Waals surface area contributed by atoms with Crippen LogP contribution in [0.4, 0.5) is 0 Å². The third kappa shape index (κ3) is 3.81. The molecular weight excluding hydrogens is 270 g/mol. The van der Waals surface area contributed by atoms with Crippen molar-refractivity contribution in [3.05, 3.63) is 18.0 Å². The molecule has 0 aliphatic carbocycles. The summed E-state index contributed by atoms with van der Waals surface area (Å²) in [7, 11) is 3.60. The Bertz CT molecular complexity index is 513. The average molecular weight is 293 g/mol. The first-order valence-electron chi connectivity index (χ1n) is 7.23. The number of nitrogens with one attached hydrogen (secondary N) is 2. The van der Waals surface area contributed by atoms with Gasteiger partial charge in [0.2, 0.25) is 11.8 Å². The number of aromatic nitrogens is 2. The largest absolute Gasteiger partial charge is 0.352 e. The molecule has 7 heteroatoms. The predicted molar refractivity (Wildman–Crippen MR) is 78.4 cm³/mol. The molecule has 7 nitrogen and oxygen atoms in total. The van der Waals surface area contributed by atoms with Crippen molar-refractivity contribution in [2.75, 3.05) is 20.1 Å². The second-order valence-corrected chi connectivity index (χ2v) is 5.49. The van der Waals surface area contributed by atoms with Gasteiger partial charge in [-0.05, 0) is 19.9 Å². The first-order chi connectivity index (χ1) is 10.0. The lowest BCUT2D eigenvalue weighted by Gasteiger charge is -2.35. The standard InChI is InChI=1S/C14H23N5O2/c1-10(20)17-12-5-4-6-19(9-12)14(21)13(15-2)11-7-16-18(3)8-11/h7-8,12-13,15H,4-6,9H2,1-3H3,(H,17,20). The average Bonchev–Trinajstić information content (AvgIpc) is 2.85. The van der Waals surface area contributed by atoms with Crippen molar-refractivity contribution in [2.24, 2.45) is 7.05 Å². The van der Waals surface area contributed by atoms with E-state index in [0.29, 0.717) is 6.54 Å². The number of aryl methyl sites for hydroxylation is 1. The molecule has 116 valence electrons. The monoisotopic (exact) mass is 293 g/mol. The SMILES string of the molecule is CNC(C(=O)N1CCCC(NC(C)=O)C1)c1cnn(C)c1. The molecule has 2 atom stereocenters. The second kappa shape index (κ2) is 6.71. The van der Waals surface area contributed by atoms with E-state index in [2.05, 4.69) is 15.7 Å². The number of carbonyl (C=O) groups is 2. The van der Waals surface area contributed by atoms with Gasteiger partial charge < -0.3 is 15.5 Å². The Hall–Kier alpha value is -1.89. The highest BCUT2D eigenvalue weighted by Gasteiger charge is 2.29. The molecule has 21 heavy (non-hydrogen) atoms. The molecule has 0 spiro atoms. The third-order valence-corrected chi connectivity index (χ3v) is 3.73. The van der Waals surface area contributed by atoms with Crippen LogP contribution in [0.25, 0.3) is 0 Å². The van der Waals surface area contributed by atoms with E-state index >= 15 is 0 Å². The van der Waals surface area contributed by atoms with Crippen molar-refractivity contribution in [1.82, 2.24) is 25.3 Å². The van der Waals surface area contributed by atoms with Crippen molar-refractivity contribution in [1.29, 1.82) is 0 Å². The highest BCUT2D eigenvalue weighted by molar-refractivity contribution is 5.83. The zero-order chi connectivity index (χ0) is 15.4. The minimum Gasteiger partial charge on any atom is -0.352 e. The maximum atomic E-state index is 12.7. The van der Waals surface area contributed by atoms with Crippen molar-refractivity contribution in [2.45, 2.75) is 31.8 Å². The van der Waals surface area contributed by atoms with Gasteiger partial charge in [0, 0.05) is 44.9 Å². The van der Waals surface area contributed by atoms with Crippen molar-refractivity contribution in [3.8, 4) is 0 Å². The molecule has 2 unspecified atom stereocenters. The summed E-state index contributed by atoms with van der Waals surface area (Å²) >= 11 is 0. The summed E-state index contributed by atoms with van der Waals surface area (Å²) in [6.45, 7) is 2.80. The molecule has 0 radical (unpaired) electrons. The van der Waals surface area contributed by atoms with Crippen LogP contribution in [0.2, 0.25) is 0 Å². The minimum atomic E-state index is -0.394. The van der Waals surface area contributed by atoms with Gasteiger partial charge in [-0.2, -0.15) is 5.10 Å². The molecule has 0 aromatic carbocycles. The van der Waals surface area contributed by atoms with Crippen LogP contribution in [-0.2, 0) is 16.6 Å². The number of rotatable bonds is 4. The Morgan fingerprint density at radius 3 is 2.81 bits per heavy atom. The molecule has 1 aliphatic rings. The topological polar surface area (TPSA) is 79.3 Å². The molecule has 2 rings (SSSR count). The molecule has 1 aliphatic heterocycles. The number of hydrogen-bond acceptors (Lipinski definition) is 4. The third-order valence-electron chi connectivity index (χ3n) is 3.73. The number of carbonyl (C=O) groups excluding carboxylic acids is 2. The summed E-state index contributed by atoms with van der Waals surface area (Å²) in [6.07, 6.45) is 5.36. The van der Waals surface area contributed by atoms with Crippen molar-refractivity contribution < 1.29 is 9.59 Å². The molecule has 1 saturated heterocycles. The summed E-state index contributed by atoms with van der Waals surface area (Å²) < 4.78 is 1.68. The lowest BCUT2D eigenvalue weighted by atomic mass is 10.0. The van der Waals surface area contributed by atoms with E-state index in [4.69, 9.17) is 0 Å². The fourth-order valence-electron chi connectivity index (χ4n) is 2.79. The number of likely N-dealkylation sites (N-methyl/N-ethyl adjacent to an activating group) is 1. The Morgan fingerprint density at radius 1 is 1.48 bits per heavy atom. The van der Waals surface area contributed by atoms with Gasteiger partial charge in [0.05, 0.1) is 6.20 Å². The maximum absolute atomic E-state index is 12.7. The van der Waals surface area contributed by atoms with Gasteiger partial charge in [-0.25, -0.2) is 0 Å². The van der Waals surface area contributed by atoms with E-state index in [1.54, 1.807) is 17.9 Å². The second-order valence-electron chi connectivity index (χ2n) is 5.49. The van der Waals surface area contributed by atoms with E-state index < -0.39 is 6.04 Å². The number of hydrogen-bond donors (Lipinski definition) is 2. The van der Waals surface area contributed by atoms with Crippen LogP contribution in [0.15, 0.2) is 12.4 Å². The van der Waals surface area contributed by atoms with Crippen LogP contribution >= 0.6 is 0 Å². The lowest BCUT2D eigenvalue weighted by Crippen LogP contribution is -2.51. The summed E-state index contributed by atoms with van der Waals surface area (Å²) in [6, 6.07) is -0.346. The molecule has 2 heterocycles. The minimum absolute atomic E-state index is 0.0283. The summed E-state index contributed by atoms with van der Waals surface area (Å²) in [5.41, 5.74) is 0.853. The molecule has 2 N–H and O–H groups in total. The molecule has 2 amide bonds. The molecule has 0 bridgehead atoms. The Balaban J connectivity index is 2.05. The number of nitrogens with zero attached hydrogens (tertiary/aromatic N) is 3. The van der Waals surface area contributed by atoms with Crippen LogP contribution in [-0.4, -0.2) is 52.7 Å². The van der Waals surface area contributed by atoms with Gasteiger partial charge in [-0.3, -0.25) is 14.3 Å². The van der Waals surface area contributed by atoms with E-state index in [1.165, 1.54) is 6.92 Å². The van der Waals surface area contributed by atoms with Gasteiger partial charge >= 0.3 is 0 Å². The van der Waals surface area contributed by atoms with Gasteiger partial charge in [0.15, 0.2) is 0 Å². The van der Waals surface area contributed by atoms with Crippen molar-refractivity contribution >= 4 is 11.8 Å². The first kappa shape index (κ1) is 15.5. The van der Waals surface area contributed by atoms with E-state index in [0.717, 1.165) is 24.9 Å². The quantitative estimate of drug-likeness (QED) is 0.806. The molecule has 1 fully saturated rings. The molecule has 1 aromatic rings. The van der Waals surface area contributed by atoms with Gasteiger partial charge in [-0.1, -0.05) is 0 Å². The van der Waals surface area contributed by atoms with Crippen LogP contribution < -0.4 is 10.6 Å². The highest BCUT2D eigenvalue weighted by atomic mass is 16.2. The molecule has 0 saturated carbocycles. The Labute approximate surface area is 124 Å². The van der Waals surface area contributed by atoms with Crippen LogP contribution in [0.5, 0.6) is 0 Å². The number of likely N-dealkylation sites (tertiary alicyclic amines) is 1. The van der Waals surface area contributed by atoms with Crippen LogP contribution in [0.3, 0.4) is 0 Å². The Kier molecular flexibility index (Phi) is 4.95. The first-order valence-corrected chi connectivity index (χ1v) is 7.23. The zero-order valence-corrected chi connectivity index (χ0v) is 12.8. The maximum Gasteiger partial charge on any atom is 0.244 e. The molecular formula is C14H23N5O2. The summed E-state index contributed by atoms with van der Waals surface area (Å²) in [5.74, 6) is -0.0210. The lowest BCUT2D eigenvalue weighted by molar-refractivity contribution is -0.135. The molecule has 1 aromatic heterocycles. The fourth-order valence-corrected chi connectivity index (χ4v) is 2.79.